The van der Waals surface area contributed by atoms with Gasteiger partial charge >= 0.3 is 5.97 Å². The molecule has 0 fully saturated rings. The fourth-order valence-electron chi connectivity index (χ4n) is 1.60. The SMILES string of the molecule is COC(=O)c1ccc(Cl)c(-c2ccc(C=O)o2)c1Cl. The zero-order valence-corrected chi connectivity index (χ0v) is 11.3. The van der Waals surface area contributed by atoms with Crippen LogP contribution in [0.5, 0.6) is 0 Å². The monoisotopic (exact) mass is 298 g/mol. The van der Waals surface area contributed by atoms with E-state index in [1.165, 1.54) is 25.3 Å². The normalized spacial score (nSPS) is 10.3. The first-order valence-corrected chi connectivity index (χ1v) is 5.95. The molecule has 19 heavy (non-hydrogen) atoms. The number of carbonyl (C=O) groups excluding carboxylic acids is 2. The summed E-state index contributed by atoms with van der Waals surface area (Å²) in [7, 11) is 1.25. The summed E-state index contributed by atoms with van der Waals surface area (Å²) in [6.07, 6.45) is 0.565. The van der Waals surface area contributed by atoms with Crippen LogP contribution < -0.4 is 0 Å². The Kier molecular flexibility index (Phi) is 3.93. The summed E-state index contributed by atoms with van der Waals surface area (Å²) in [4.78, 5) is 22.2. The van der Waals surface area contributed by atoms with Gasteiger partial charge in [0.1, 0.15) is 5.76 Å². The van der Waals surface area contributed by atoms with Crippen LogP contribution in [0.2, 0.25) is 10.0 Å². The van der Waals surface area contributed by atoms with Crippen LogP contribution in [0.3, 0.4) is 0 Å². The van der Waals surface area contributed by atoms with E-state index in [1.807, 2.05) is 0 Å². The van der Waals surface area contributed by atoms with E-state index in [-0.39, 0.29) is 16.3 Å². The lowest BCUT2D eigenvalue weighted by molar-refractivity contribution is 0.0601. The molecule has 1 aromatic carbocycles. The van der Waals surface area contributed by atoms with Gasteiger partial charge in [-0.05, 0) is 24.3 Å². The van der Waals surface area contributed by atoms with Crippen molar-refractivity contribution in [3.05, 3.63) is 45.6 Å². The quantitative estimate of drug-likeness (QED) is 0.638. The molecule has 0 radical (unpaired) electrons. The molecular weight excluding hydrogens is 291 g/mol. The van der Waals surface area contributed by atoms with Gasteiger partial charge in [-0.15, -0.1) is 0 Å². The van der Waals surface area contributed by atoms with Crippen LogP contribution in [0.15, 0.2) is 28.7 Å². The summed E-state index contributed by atoms with van der Waals surface area (Å²) in [5, 5.41) is 0.426. The first-order chi connectivity index (χ1) is 9.08. The van der Waals surface area contributed by atoms with Crippen LogP contribution in [-0.4, -0.2) is 19.4 Å². The molecule has 2 aromatic rings. The second-order valence-corrected chi connectivity index (χ2v) is 4.38. The molecule has 0 aliphatic rings. The molecule has 4 nitrogen and oxygen atoms in total. The Morgan fingerprint density at radius 3 is 2.58 bits per heavy atom. The Bertz CT molecular complexity index is 646. The van der Waals surface area contributed by atoms with Gasteiger partial charge in [-0.25, -0.2) is 4.79 Å². The van der Waals surface area contributed by atoms with E-state index in [0.29, 0.717) is 22.6 Å². The van der Waals surface area contributed by atoms with Crippen molar-refractivity contribution in [3.63, 3.8) is 0 Å². The van der Waals surface area contributed by atoms with Crippen molar-refractivity contribution >= 4 is 35.5 Å². The standard InChI is InChI=1S/C13H8Cl2O4/c1-18-13(17)8-3-4-9(14)11(12(8)15)10-5-2-7(6-16)19-10/h2-6H,1H3. The van der Waals surface area contributed by atoms with Gasteiger partial charge in [0.05, 0.1) is 28.3 Å². The average Bonchev–Trinajstić information content (AvgIpc) is 2.87. The average molecular weight is 299 g/mol. The van der Waals surface area contributed by atoms with Crippen molar-refractivity contribution in [2.75, 3.05) is 7.11 Å². The summed E-state index contributed by atoms with van der Waals surface area (Å²) in [6, 6.07) is 6.01. The van der Waals surface area contributed by atoms with Crippen molar-refractivity contribution in [1.29, 1.82) is 0 Å². The highest BCUT2D eigenvalue weighted by molar-refractivity contribution is 6.40. The fraction of sp³-hybridized carbons (Fsp3) is 0.0769. The summed E-state index contributed by atoms with van der Waals surface area (Å²) < 4.78 is 9.88. The lowest BCUT2D eigenvalue weighted by Gasteiger charge is -2.08. The van der Waals surface area contributed by atoms with Crippen LogP contribution in [0.25, 0.3) is 11.3 Å². The maximum absolute atomic E-state index is 11.6. The van der Waals surface area contributed by atoms with Gasteiger partial charge in [-0.1, -0.05) is 23.2 Å². The number of hydrogen-bond acceptors (Lipinski definition) is 4. The topological polar surface area (TPSA) is 56.5 Å². The van der Waals surface area contributed by atoms with Crippen molar-refractivity contribution < 1.29 is 18.7 Å². The Balaban J connectivity index is 2.61. The number of benzene rings is 1. The van der Waals surface area contributed by atoms with E-state index < -0.39 is 5.97 Å². The summed E-state index contributed by atoms with van der Waals surface area (Å²) >= 11 is 12.2. The van der Waals surface area contributed by atoms with E-state index >= 15 is 0 Å². The summed E-state index contributed by atoms with van der Waals surface area (Å²) in [5.41, 5.74) is 0.520. The van der Waals surface area contributed by atoms with Crippen molar-refractivity contribution in [2.24, 2.45) is 0 Å². The zero-order chi connectivity index (χ0) is 14.0. The maximum atomic E-state index is 11.6. The Morgan fingerprint density at radius 2 is 2.00 bits per heavy atom. The highest BCUT2D eigenvalue weighted by Crippen LogP contribution is 2.37. The number of esters is 1. The van der Waals surface area contributed by atoms with Crippen LogP contribution in [0.1, 0.15) is 20.9 Å². The predicted molar refractivity (Wildman–Crippen MR) is 70.9 cm³/mol. The number of ether oxygens (including phenoxy) is 1. The number of hydrogen-bond donors (Lipinski definition) is 0. The predicted octanol–water partition coefficient (Wildman–Crippen LogP) is 3.85. The molecule has 98 valence electrons. The molecular formula is C13H8Cl2O4. The van der Waals surface area contributed by atoms with Gasteiger partial charge in [-0.3, -0.25) is 4.79 Å². The molecule has 1 heterocycles. The van der Waals surface area contributed by atoms with E-state index in [9.17, 15) is 9.59 Å². The van der Waals surface area contributed by atoms with Gasteiger partial charge in [-0.2, -0.15) is 0 Å². The number of carbonyl (C=O) groups is 2. The maximum Gasteiger partial charge on any atom is 0.339 e. The summed E-state index contributed by atoms with van der Waals surface area (Å²) in [6.45, 7) is 0. The lowest BCUT2D eigenvalue weighted by atomic mass is 10.1. The fourth-order valence-corrected chi connectivity index (χ4v) is 2.23. The number of furan rings is 1. The van der Waals surface area contributed by atoms with Crippen molar-refractivity contribution in [3.8, 4) is 11.3 Å². The second kappa shape index (κ2) is 5.47. The van der Waals surface area contributed by atoms with Crippen LogP contribution in [0, 0.1) is 0 Å². The summed E-state index contributed by atoms with van der Waals surface area (Å²) in [5.74, 6) is -0.126. The number of rotatable bonds is 3. The Hall–Kier alpha value is -1.78. The molecule has 0 amide bonds. The van der Waals surface area contributed by atoms with Crippen LogP contribution >= 0.6 is 23.2 Å². The molecule has 0 spiro atoms. The molecule has 0 saturated carbocycles. The molecule has 0 aliphatic heterocycles. The van der Waals surface area contributed by atoms with Crippen molar-refractivity contribution in [2.45, 2.75) is 0 Å². The molecule has 6 heteroatoms. The first-order valence-electron chi connectivity index (χ1n) is 5.20. The van der Waals surface area contributed by atoms with Gasteiger partial charge < -0.3 is 9.15 Å². The molecule has 0 unspecified atom stereocenters. The minimum absolute atomic E-state index is 0.117. The van der Waals surface area contributed by atoms with Gasteiger partial charge in [0.15, 0.2) is 12.0 Å². The van der Waals surface area contributed by atoms with Gasteiger partial charge in [0.25, 0.3) is 0 Å². The molecule has 0 aliphatic carbocycles. The molecule has 0 bridgehead atoms. The zero-order valence-electron chi connectivity index (χ0n) is 9.78. The third-order valence-corrected chi connectivity index (χ3v) is 3.19. The molecule has 0 saturated heterocycles. The Labute approximate surface area is 118 Å². The highest BCUT2D eigenvalue weighted by Gasteiger charge is 2.20. The minimum Gasteiger partial charge on any atom is -0.465 e. The highest BCUT2D eigenvalue weighted by atomic mass is 35.5. The number of aldehydes is 1. The lowest BCUT2D eigenvalue weighted by Crippen LogP contribution is -2.02. The first kappa shape index (κ1) is 13.6. The third-order valence-electron chi connectivity index (χ3n) is 2.49. The molecule has 1 aromatic heterocycles. The van der Waals surface area contributed by atoms with E-state index in [1.54, 1.807) is 6.07 Å². The third kappa shape index (κ3) is 2.50. The van der Waals surface area contributed by atoms with Gasteiger partial charge in [0, 0.05) is 0 Å². The van der Waals surface area contributed by atoms with Crippen LogP contribution in [-0.2, 0) is 4.74 Å². The molecule has 2 rings (SSSR count). The van der Waals surface area contributed by atoms with E-state index in [4.69, 9.17) is 27.6 Å². The van der Waals surface area contributed by atoms with E-state index in [2.05, 4.69) is 4.74 Å². The van der Waals surface area contributed by atoms with Gasteiger partial charge in [0.2, 0.25) is 0 Å². The molecule has 0 N–H and O–H groups in total. The van der Waals surface area contributed by atoms with Crippen LogP contribution in [0.4, 0.5) is 0 Å². The minimum atomic E-state index is -0.579. The smallest absolute Gasteiger partial charge is 0.339 e. The molecule has 0 atom stereocenters. The Morgan fingerprint density at radius 1 is 1.26 bits per heavy atom. The van der Waals surface area contributed by atoms with Crippen molar-refractivity contribution in [1.82, 2.24) is 0 Å². The number of methoxy groups -OCH3 is 1. The largest absolute Gasteiger partial charge is 0.465 e. The second-order valence-electron chi connectivity index (χ2n) is 3.60. The number of halogens is 2. The van der Waals surface area contributed by atoms with E-state index in [0.717, 1.165) is 0 Å².